The second-order valence-electron chi connectivity index (χ2n) is 6.83. The highest BCUT2D eigenvalue weighted by Crippen LogP contribution is 2.38. The van der Waals surface area contributed by atoms with Gasteiger partial charge in [-0.3, -0.25) is 0 Å². The van der Waals surface area contributed by atoms with Gasteiger partial charge in [0.2, 0.25) is 19.9 Å². The molecule has 1 heterocycles. The van der Waals surface area contributed by atoms with Crippen LogP contribution in [0.15, 0.2) is 57.2 Å². The Morgan fingerprint density at radius 2 is 1.79 bits per heavy atom. The number of hydrogen-bond donors (Lipinski definition) is 2. The van der Waals surface area contributed by atoms with Crippen LogP contribution in [0.3, 0.4) is 0 Å². The first-order valence-electron chi connectivity index (χ1n) is 8.51. The third kappa shape index (κ3) is 3.75. The van der Waals surface area contributed by atoms with Crippen molar-refractivity contribution in [3.63, 3.8) is 0 Å². The van der Waals surface area contributed by atoms with Gasteiger partial charge < -0.3 is 10.0 Å². The van der Waals surface area contributed by atoms with Crippen molar-refractivity contribution >= 4 is 31.5 Å². The van der Waals surface area contributed by atoms with Gasteiger partial charge in [0.15, 0.2) is 0 Å². The highest BCUT2D eigenvalue weighted by atomic mass is 32.2. The summed E-state index contributed by atoms with van der Waals surface area (Å²) in [6.45, 7) is 2.93. The third-order valence-corrected chi connectivity index (χ3v) is 7.60. The molecule has 0 saturated carbocycles. The summed E-state index contributed by atoms with van der Waals surface area (Å²) in [6, 6.07) is 9.38. The largest absolute Gasteiger partial charge is 0.478 e. The van der Waals surface area contributed by atoms with Crippen molar-refractivity contribution in [2.75, 3.05) is 18.0 Å². The molecule has 2 aromatic carbocycles. The zero-order chi connectivity index (χ0) is 20.7. The van der Waals surface area contributed by atoms with Gasteiger partial charge in [-0.2, -0.15) is 0 Å². The van der Waals surface area contributed by atoms with Crippen molar-refractivity contribution in [2.24, 2.45) is 11.1 Å². The molecule has 1 unspecified atom stereocenters. The van der Waals surface area contributed by atoms with Crippen LogP contribution in [0.2, 0.25) is 0 Å². The first kappa shape index (κ1) is 20.3. The molecule has 1 atom stereocenters. The number of sulfonamides is 1. The maximum Gasteiger partial charge on any atom is 0.335 e. The number of aromatic carboxylic acids is 1. The Balaban J connectivity index is 2.40. The van der Waals surface area contributed by atoms with Gasteiger partial charge in [-0.05, 0) is 36.6 Å². The normalized spacial score (nSPS) is 17.6. The van der Waals surface area contributed by atoms with E-state index >= 15 is 0 Å². The predicted octanol–water partition coefficient (Wildman–Crippen LogP) is 1.71. The number of anilines is 1. The van der Waals surface area contributed by atoms with Crippen LogP contribution in [0.25, 0.3) is 0 Å². The minimum Gasteiger partial charge on any atom is -0.478 e. The number of nitrogens with two attached hydrogens (primary N) is 1. The van der Waals surface area contributed by atoms with Crippen LogP contribution < -0.4 is 10.0 Å². The number of rotatable bonds is 5. The molecule has 0 aliphatic carbocycles. The molecular weight excluding hydrogens is 404 g/mol. The summed E-state index contributed by atoms with van der Waals surface area (Å²) in [5.41, 5.74) is -0.303. The van der Waals surface area contributed by atoms with Crippen molar-refractivity contribution in [3.05, 3.63) is 48.0 Å². The Morgan fingerprint density at radius 3 is 2.29 bits per heavy atom. The molecule has 10 heteroatoms. The molecule has 2 aromatic rings. The zero-order valence-electron chi connectivity index (χ0n) is 15.1. The second kappa shape index (κ2) is 7.19. The molecule has 28 heavy (non-hydrogen) atoms. The molecule has 3 rings (SSSR count). The number of carbonyl (C=O) groups is 1. The quantitative estimate of drug-likeness (QED) is 0.746. The summed E-state index contributed by atoms with van der Waals surface area (Å²) in [5, 5.41) is 14.7. The van der Waals surface area contributed by atoms with Crippen LogP contribution >= 0.6 is 0 Å². The first-order valence-corrected chi connectivity index (χ1v) is 11.5. The van der Waals surface area contributed by atoms with Crippen LogP contribution in [0.4, 0.5) is 5.69 Å². The summed E-state index contributed by atoms with van der Waals surface area (Å²) in [7, 11) is -8.79. The minimum atomic E-state index is -4.52. The number of nitrogens with zero attached hydrogens (tertiary/aromatic N) is 1. The summed E-state index contributed by atoms with van der Waals surface area (Å²) < 4.78 is 51.2. The minimum absolute atomic E-state index is 0.0390. The average molecular weight is 425 g/mol. The average Bonchev–Trinajstić information content (AvgIpc) is 3.07. The van der Waals surface area contributed by atoms with E-state index in [2.05, 4.69) is 0 Å². The number of carboxylic acid groups (broad SMARTS) is 1. The molecule has 1 aliphatic rings. The van der Waals surface area contributed by atoms with Crippen LogP contribution in [0, 0.1) is 5.92 Å². The van der Waals surface area contributed by atoms with Crippen LogP contribution in [-0.2, 0) is 19.9 Å². The van der Waals surface area contributed by atoms with Crippen molar-refractivity contribution in [3.8, 4) is 0 Å². The Kier molecular flexibility index (Phi) is 5.22. The van der Waals surface area contributed by atoms with Gasteiger partial charge in [-0.15, -0.1) is 0 Å². The lowest BCUT2D eigenvalue weighted by molar-refractivity contribution is 0.0696. The fourth-order valence-corrected chi connectivity index (χ4v) is 6.17. The van der Waals surface area contributed by atoms with E-state index in [1.54, 1.807) is 11.0 Å². The monoisotopic (exact) mass is 424 g/mol. The lowest BCUT2D eigenvalue weighted by Gasteiger charge is -2.24. The molecule has 1 fully saturated rings. The van der Waals surface area contributed by atoms with E-state index in [4.69, 9.17) is 5.14 Å². The van der Waals surface area contributed by atoms with E-state index in [1.165, 1.54) is 30.3 Å². The highest BCUT2D eigenvalue weighted by molar-refractivity contribution is 7.93. The summed E-state index contributed by atoms with van der Waals surface area (Å²) in [6.07, 6.45) is 0.771. The Labute approximate surface area is 163 Å². The van der Waals surface area contributed by atoms with Gasteiger partial charge in [-0.25, -0.2) is 26.8 Å². The number of hydrogen-bond acceptors (Lipinski definition) is 6. The maximum atomic E-state index is 13.3. The SMILES string of the molecule is CC1CCN(c2cc(C(=O)O)cc(S(N)(=O)=O)c2S(=O)(=O)c2ccccc2)C1. The Bertz CT molecular complexity index is 1130. The van der Waals surface area contributed by atoms with Crippen molar-refractivity contribution < 1.29 is 26.7 Å². The van der Waals surface area contributed by atoms with Crippen LogP contribution in [0.1, 0.15) is 23.7 Å². The van der Waals surface area contributed by atoms with E-state index in [0.717, 1.165) is 12.5 Å². The van der Waals surface area contributed by atoms with Gasteiger partial charge in [0.25, 0.3) is 0 Å². The fraction of sp³-hybridized carbons (Fsp3) is 0.278. The van der Waals surface area contributed by atoms with E-state index in [-0.39, 0.29) is 22.1 Å². The van der Waals surface area contributed by atoms with Crippen molar-refractivity contribution in [1.29, 1.82) is 0 Å². The van der Waals surface area contributed by atoms with Gasteiger partial charge in [0.1, 0.15) is 9.79 Å². The van der Waals surface area contributed by atoms with Crippen LogP contribution in [0.5, 0.6) is 0 Å². The summed E-state index contributed by atoms with van der Waals surface area (Å²) in [5.74, 6) is -1.12. The predicted molar refractivity (Wildman–Crippen MR) is 103 cm³/mol. The smallest absolute Gasteiger partial charge is 0.335 e. The van der Waals surface area contributed by atoms with Crippen molar-refractivity contribution in [2.45, 2.75) is 28.0 Å². The molecule has 0 bridgehead atoms. The highest BCUT2D eigenvalue weighted by Gasteiger charge is 2.34. The van der Waals surface area contributed by atoms with Gasteiger partial charge >= 0.3 is 5.97 Å². The van der Waals surface area contributed by atoms with Gasteiger partial charge in [-0.1, -0.05) is 25.1 Å². The Hall–Kier alpha value is -2.43. The zero-order valence-corrected chi connectivity index (χ0v) is 16.7. The molecule has 0 amide bonds. The fourth-order valence-electron chi connectivity index (χ4n) is 3.30. The standard InChI is InChI=1S/C18H20N2O6S2/c1-12-7-8-20(11-12)15-9-13(18(21)22)10-16(28(19,25)26)17(15)27(23,24)14-5-3-2-4-6-14/h2-6,9-10,12H,7-8,11H2,1H3,(H,21,22)(H2,19,25,26). The molecule has 8 nitrogen and oxygen atoms in total. The molecule has 3 N–H and O–H groups in total. The molecule has 0 radical (unpaired) electrons. The molecule has 1 aliphatic heterocycles. The second-order valence-corrected chi connectivity index (χ2v) is 10.2. The summed E-state index contributed by atoms with van der Waals surface area (Å²) in [4.78, 5) is 11.9. The Morgan fingerprint density at radius 1 is 1.14 bits per heavy atom. The van der Waals surface area contributed by atoms with Crippen molar-refractivity contribution in [1.82, 2.24) is 0 Å². The van der Waals surface area contributed by atoms with E-state index in [9.17, 15) is 26.7 Å². The molecule has 1 saturated heterocycles. The topological polar surface area (TPSA) is 135 Å². The van der Waals surface area contributed by atoms with E-state index in [0.29, 0.717) is 13.1 Å². The molecular formula is C18H20N2O6S2. The molecule has 150 valence electrons. The van der Waals surface area contributed by atoms with E-state index in [1.807, 2.05) is 6.92 Å². The number of carboxylic acids is 1. The first-order chi connectivity index (χ1) is 13.0. The van der Waals surface area contributed by atoms with Gasteiger partial charge in [0, 0.05) is 13.1 Å². The van der Waals surface area contributed by atoms with E-state index < -0.39 is 35.6 Å². The van der Waals surface area contributed by atoms with Gasteiger partial charge in [0.05, 0.1) is 16.1 Å². The maximum absolute atomic E-state index is 13.3. The number of primary sulfonamides is 1. The summed E-state index contributed by atoms with van der Waals surface area (Å²) >= 11 is 0. The number of sulfone groups is 1. The van der Waals surface area contributed by atoms with Crippen LogP contribution in [-0.4, -0.2) is 41.0 Å². The molecule has 0 aromatic heterocycles. The third-order valence-electron chi connectivity index (χ3n) is 4.68. The number of benzene rings is 2. The lowest BCUT2D eigenvalue weighted by Crippen LogP contribution is -2.25. The lowest BCUT2D eigenvalue weighted by atomic mass is 10.1. The molecule has 0 spiro atoms.